The number of nitrogens with zero attached hydrogens (tertiary/aromatic N) is 3. The lowest BCUT2D eigenvalue weighted by Crippen LogP contribution is -2.36. The Kier molecular flexibility index (Phi) is 7.93. The largest absolute Gasteiger partial charge is 0.490 e. The number of fused-ring (bicyclic) bond motifs is 1. The number of carbonyl (C=O) groups excluding carboxylic acids is 1. The number of alkyl halides is 3. The summed E-state index contributed by atoms with van der Waals surface area (Å²) in [6.45, 7) is 0. The predicted octanol–water partition coefficient (Wildman–Crippen LogP) is 3.81. The topological polar surface area (TPSA) is 140 Å². The van der Waals surface area contributed by atoms with Gasteiger partial charge in [0, 0.05) is 0 Å². The number of aliphatic hydroxyl groups excluding tert-OH is 1. The molecule has 3 aromatic rings. The number of benzene rings is 1. The summed E-state index contributed by atoms with van der Waals surface area (Å²) in [5, 5.41) is 37.1. The van der Waals surface area contributed by atoms with E-state index in [0.717, 1.165) is 31.2 Å². The summed E-state index contributed by atoms with van der Waals surface area (Å²) in [6.07, 6.45) is -1.67. The summed E-state index contributed by atoms with van der Waals surface area (Å²) >= 11 is 0. The maximum atomic E-state index is 12.8. The van der Waals surface area contributed by atoms with Gasteiger partial charge in [0.2, 0.25) is 0 Å². The Labute approximate surface area is 197 Å². The van der Waals surface area contributed by atoms with Crippen molar-refractivity contribution in [3.8, 4) is 6.07 Å². The molecule has 184 valence electrons. The van der Waals surface area contributed by atoms with Crippen molar-refractivity contribution in [1.82, 2.24) is 9.61 Å². The Hall–Kier alpha value is -4.11. The third kappa shape index (κ3) is 6.48. The molecule has 1 amide bonds. The minimum Gasteiger partial charge on any atom is -0.475 e. The zero-order valence-corrected chi connectivity index (χ0v) is 18.3. The second-order valence-electron chi connectivity index (χ2n) is 7.79. The second-order valence-corrected chi connectivity index (χ2v) is 7.79. The number of amides is 1. The lowest BCUT2D eigenvalue weighted by Gasteiger charge is -2.28. The average molecular weight is 489 g/mol. The number of halogens is 3. The molecule has 2 heterocycles. The lowest BCUT2D eigenvalue weighted by molar-refractivity contribution is -0.192. The average Bonchev–Trinajstić information content (AvgIpc) is 3.24. The molecule has 1 aliphatic rings. The molecule has 9 nitrogen and oxygen atoms in total. The van der Waals surface area contributed by atoms with E-state index in [1.165, 1.54) is 0 Å². The molecule has 0 bridgehead atoms. The predicted molar refractivity (Wildman–Crippen MR) is 120 cm³/mol. The van der Waals surface area contributed by atoms with Gasteiger partial charge in [-0.2, -0.15) is 18.4 Å². The van der Waals surface area contributed by atoms with Crippen LogP contribution in [0.4, 0.5) is 24.7 Å². The Bertz CT molecular complexity index is 1250. The highest BCUT2D eigenvalue weighted by atomic mass is 19.4. The van der Waals surface area contributed by atoms with E-state index in [-0.39, 0.29) is 18.1 Å². The number of carboxylic acids is 1. The first kappa shape index (κ1) is 25.5. The van der Waals surface area contributed by atoms with E-state index in [2.05, 4.69) is 21.8 Å². The van der Waals surface area contributed by atoms with Crippen LogP contribution in [0.3, 0.4) is 0 Å². The first-order valence-electron chi connectivity index (χ1n) is 10.6. The smallest absolute Gasteiger partial charge is 0.475 e. The number of rotatable bonds is 4. The van der Waals surface area contributed by atoms with Crippen LogP contribution in [-0.4, -0.2) is 50.0 Å². The fourth-order valence-corrected chi connectivity index (χ4v) is 3.58. The Morgan fingerprint density at radius 2 is 1.74 bits per heavy atom. The summed E-state index contributed by atoms with van der Waals surface area (Å²) in [7, 11) is 0. The Morgan fingerprint density at radius 3 is 2.40 bits per heavy atom. The fourth-order valence-electron chi connectivity index (χ4n) is 3.58. The molecule has 0 radical (unpaired) electrons. The van der Waals surface area contributed by atoms with E-state index in [4.69, 9.17) is 9.90 Å². The standard InChI is InChI=1S/C21H21N5O2.C2HF3O2/c22-13-14-5-1-2-6-16(14)24-21(28)18-11-9-15-10-12-20(25-26(15)18)23-17-7-3-4-8-19(17)27;3-2(4,5)1(6)7/h1-2,5-6,9-12,17,19,27H,3-4,7-8H2,(H,23,25)(H,24,28);(H,6,7)/t17-,19+;/m1./s1. The number of hydrogen-bond donors (Lipinski definition) is 4. The van der Waals surface area contributed by atoms with Crippen LogP contribution in [0.25, 0.3) is 5.52 Å². The summed E-state index contributed by atoms with van der Waals surface area (Å²) in [4.78, 5) is 21.7. The molecule has 2 atom stereocenters. The van der Waals surface area contributed by atoms with E-state index < -0.39 is 12.1 Å². The zero-order valence-electron chi connectivity index (χ0n) is 18.3. The molecule has 1 aliphatic carbocycles. The van der Waals surface area contributed by atoms with Gasteiger partial charge in [0.05, 0.1) is 28.9 Å². The number of anilines is 2. The molecule has 0 spiro atoms. The number of aromatic nitrogens is 2. The third-order valence-corrected chi connectivity index (χ3v) is 5.34. The van der Waals surface area contributed by atoms with Gasteiger partial charge in [-0.1, -0.05) is 25.0 Å². The van der Waals surface area contributed by atoms with Crippen molar-refractivity contribution in [1.29, 1.82) is 5.26 Å². The highest BCUT2D eigenvalue weighted by Gasteiger charge is 2.38. The van der Waals surface area contributed by atoms with Gasteiger partial charge in [-0.3, -0.25) is 4.79 Å². The monoisotopic (exact) mass is 489 g/mol. The van der Waals surface area contributed by atoms with Gasteiger partial charge in [0.15, 0.2) is 0 Å². The van der Waals surface area contributed by atoms with E-state index >= 15 is 0 Å². The molecule has 1 fully saturated rings. The van der Waals surface area contributed by atoms with Gasteiger partial charge in [-0.25, -0.2) is 9.31 Å². The number of carbonyl (C=O) groups is 2. The fraction of sp³-hybridized carbons (Fsp3) is 0.304. The molecule has 1 saturated carbocycles. The van der Waals surface area contributed by atoms with Gasteiger partial charge in [-0.05, 0) is 49.2 Å². The number of nitrogens with one attached hydrogen (secondary N) is 2. The Morgan fingerprint density at radius 1 is 1.09 bits per heavy atom. The summed E-state index contributed by atoms with van der Waals surface area (Å²) < 4.78 is 33.3. The van der Waals surface area contributed by atoms with E-state index in [1.54, 1.807) is 34.8 Å². The highest BCUT2D eigenvalue weighted by Crippen LogP contribution is 2.22. The molecule has 0 unspecified atom stereocenters. The summed E-state index contributed by atoms with van der Waals surface area (Å²) in [6, 6.07) is 16.1. The van der Waals surface area contributed by atoms with Gasteiger partial charge < -0.3 is 20.8 Å². The van der Waals surface area contributed by atoms with Gasteiger partial charge in [-0.15, -0.1) is 5.10 Å². The molecule has 2 aromatic heterocycles. The number of carboxylic acid groups (broad SMARTS) is 1. The molecule has 12 heteroatoms. The maximum Gasteiger partial charge on any atom is 0.490 e. The van der Waals surface area contributed by atoms with Crippen LogP contribution in [0.5, 0.6) is 0 Å². The van der Waals surface area contributed by atoms with Crippen molar-refractivity contribution < 1.29 is 33.0 Å². The van der Waals surface area contributed by atoms with Crippen LogP contribution >= 0.6 is 0 Å². The second kappa shape index (κ2) is 10.9. The lowest BCUT2D eigenvalue weighted by atomic mass is 9.93. The maximum absolute atomic E-state index is 12.8. The van der Waals surface area contributed by atoms with Crippen molar-refractivity contribution in [3.05, 3.63) is 59.8 Å². The first-order chi connectivity index (χ1) is 16.6. The molecular formula is C23H22F3N5O4. The third-order valence-electron chi connectivity index (χ3n) is 5.34. The molecule has 35 heavy (non-hydrogen) atoms. The summed E-state index contributed by atoms with van der Waals surface area (Å²) in [5.74, 6) is -2.49. The number of aliphatic carboxylic acids is 1. The van der Waals surface area contributed by atoms with E-state index in [0.29, 0.717) is 22.8 Å². The number of para-hydroxylation sites is 1. The van der Waals surface area contributed by atoms with Gasteiger partial charge in [0.25, 0.3) is 5.91 Å². The quantitative estimate of drug-likeness (QED) is 0.437. The van der Waals surface area contributed by atoms with Crippen molar-refractivity contribution in [2.75, 3.05) is 10.6 Å². The minimum absolute atomic E-state index is 0.0333. The minimum atomic E-state index is -5.08. The van der Waals surface area contributed by atoms with Crippen molar-refractivity contribution >= 4 is 28.9 Å². The number of nitriles is 1. The number of aliphatic hydroxyl groups is 1. The molecule has 0 saturated heterocycles. The molecule has 4 rings (SSSR count). The first-order valence-corrected chi connectivity index (χ1v) is 10.6. The Balaban J connectivity index is 0.000000429. The highest BCUT2D eigenvalue weighted by molar-refractivity contribution is 6.04. The zero-order chi connectivity index (χ0) is 25.6. The molecule has 1 aromatic carbocycles. The van der Waals surface area contributed by atoms with Crippen LogP contribution in [0, 0.1) is 11.3 Å². The van der Waals surface area contributed by atoms with Crippen LogP contribution in [0.15, 0.2) is 48.5 Å². The van der Waals surface area contributed by atoms with Crippen LogP contribution < -0.4 is 10.6 Å². The van der Waals surface area contributed by atoms with Crippen LogP contribution in [0.2, 0.25) is 0 Å². The van der Waals surface area contributed by atoms with Crippen molar-refractivity contribution in [2.45, 2.75) is 44.0 Å². The van der Waals surface area contributed by atoms with Crippen molar-refractivity contribution in [3.63, 3.8) is 0 Å². The van der Waals surface area contributed by atoms with Gasteiger partial charge >= 0.3 is 12.1 Å². The molecule has 0 aliphatic heterocycles. The van der Waals surface area contributed by atoms with Crippen LogP contribution in [0.1, 0.15) is 41.7 Å². The SMILES string of the molecule is N#Cc1ccccc1NC(=O)c1ccc2ccc(N[C@@H]3CCCC[C@@H]3O)nn12.O=C(O)C(F)(F)F. The van der Waals surface area contributed by atoms with E-state index in [1.807, 2.05) is 18.2 Å². The van der Waals surface area contributed by atoms with Crippen molar-refractivity contribution in [2.24, 2.45) is 0 Å². The number of hydrogen-bond acceptors (Lipinski definition) is 6. The van der Waals surface area contributed by atoms with E-state index in [9.17, 15) is 28.3 Å². The molecular weight excluding hydrogens is 467 g/mol. The summed E-state index contributed by atoms with van der Waals surface area (Å²) in [5.41, 5.74) is 2.02. The van der Waals surface area contributed by atoms with Crippen LogP contribution in [-0.2, 0) is 4.79 Å². The normalized spacial score (nSPS) is 17.6. The molecule has 4 N–H and O–H groups in total. The van der Waals surface area contributed by atoms with Gasteiger partial charge in [0.1, 0.15) is 17.6 Å².